The summed E-state index contributed by atoms with van der Waals surface area (Å²) in [7, 11) is 0. The van der Waals surface area contributed by atoms with Gasteiger partial charge < -0.3 is 4.74 Å². The van der Waals surface area contributed by atoms with Gasteiger partial charge in [0.2, 0.25) is 0 Å². The van der Waals surface area contributed by atoms with Crippen LogP contribution >= 0.6 is 22.9 Å². The van der Waals surface area contributed by atoms with Gasteiger partial charge in [-0.05, 0) is 26.2 Å². The van der Waals surface area contributed by atoms with Gasteiger partial charge in [0, 0.05) is 17.7 Å². The van der Waals surface area contributed by atoms with Crippen LogP contribution in [0.5, 0.6) is 0 Å². The summed E-state index contributed by atoms with van der Waals surface area (Å²) in [6.07, 6.45) is 5.33. The lowest BCUT2D eigenvalue weighted by Crippen LogP contribution is -2.29. The molecule has 4 heteroatoms. The van der Waals surface area contributed by atoms with Crippen molar-refractivity contribution in [3.63, 3.8) is 0 Å². The van der Waals surface area contributed by atoms with Crippen molar-refractivity contribution < 1.29 is 4.74 Å². The predicted molar refractivity (Wildman–Crippen MR) is 58.8 cm³/mol. The second-order valence-electron chi connectivity index (χ2n) is 3.80. The van der Waals surface area contributed by atoms with Crippen LogP contribution in [0.1, 0.15) is 36.1 Å². The third-order valence-electron chi connectivity index (χ3n) is 2.61. The first-order valence-corrected chi connectivity index (χ1v) is 6.25. The molecule has 1 atom stereocenters. The van der Waals surface area contributed by atoms with Crippen LogP contribution in [0, 0.1) is 0 Å². The van der Waals surface area contributed by atoms with Crippen LogP contribution in [0.15, 0.2) is 6.20 Å². The van der Waals surface area contributed by atoms with Crippen LogP contribution in [0.3, 0.4) is 0 Å². The second-order valence-corrected chi connectivity index (χ2v) is 5.18. The number of halogens is 1. The molecule has 1 fully saturated rings. The topological polar surface area (TPSA) is 22.1 Å². The predicted octanol–water partition coefficient (Wildman–Crippen LogP) is 3.30. The summed E-state index contributed by atoms with van der Waals surface area (Å²) in [5, 5.41) is 1.08. The van der Waals surface area contributed by atoms with Crippen molar-refractivity contribution >= 4 is 22.9 Å². The van der Waals surface area contributed by atoms with E-state index < -0.39 is 0 Å². The summed E-state index contributed by atoms with van der Waals surface area (Å²) in [4.78, 5) is 5.51. The van der Waals surface area contributed by atoms with Gasteiger partial charge in [-0.2, -0.15) is 0 Å². The lowest BCUT2D eigenvalue weighted by molar-refractivity contribution is -0.0702. The minimum Gasteiger partial charge on any atom is -0.368 e. The molecule has 0 aromatic carbocycles. The SMILES string of the molecule is CC1(c2ncc(CCl)s2)CCCCO1. The van der Waals surface area contributed by atoms with E-state index in [-0.39, 0.29) is 5.60 Å². The smallest absolute Gasteiger partial charge is 0.125 e. The molecule has 0 bridgehead atoms. The largest absolute Gasteiger partial charge is 0.368 e. The zero-order valence-corrected chi connectivity index (χ0v) is 9.83. The molecular formula is C10H14ClNOS. The van der Waals surface area contributed by atoms with E-state index in [0.29, 0.717) is 5.88 Å². The van der Waals surface area contributed by atoms with E-state index >= 15 is 0 Å². The highest BCUT2D eigenvalue weighted by atomic mass is 35.5. The Morgan fingerprint density at radius 1 is 1.64 bits per heavy atom. The number of ether oxygens (including phenoxy) is 1. The molecule has 1 saturated heterocycles. The molecule has 1 unspecified atom stereocenters. The Hall–Kier alpha value is -0.120. The van der Waals surface area contributed by atoms with Crippen molar-refractivity contribution in [1.82, 2.24) is 4.98 Å². The summed E-state index contributed by atoms with van der Waals surface area (Å²) in [6.45, 7) is 2.98. The Balaban J connectivity index is 2.19. The van der Waals surface area contributed by atoms with Crippen molar-refractivity contribution in [3.05, 3.63) is 16.1 Å². The lowest BCUT2D eigenvalue weighted by atomic mass is 9.97. The first kappa shape index (κ1) is 10.4. The number of thiazole rings is 1. The van der Waals surface area contributed by atoms with Crippen LogP contribution in [-0.4, -0.2) is 11.6 Å². The third kappa shape index (κ3) is 1.95. The van der Waals surface area contributed by atoms with Gasteiger partial charge in [-0.15, -0.1) is 22.9 Å². The van der Waals surface area contributed by atoms with Gasteiger partial charge in [-0.3, -0.25) is 0 Å². The molecule has 2 heterocycles. The molecule has 0 aliphatic carbocycles. The number of hydrogen-bond donors (Lipinski definition) is 0. The van der Waals surface area contributed by atoms with E-state index in [1.807, 2.05) is 6.20 Å². The minimum atomic E-state index is -0.159. The number of nitrogens with zero attached hydrogens (tertiary/aromatic N) is 1. The molecule has 14 heavy (non-hydrogen) atoms. The Kier molecular flexibility index (Phi) is 3.10. The second kappa shape index (κ2) is 4.17. The number of alkyl halides is 1. The average molecular weight is 232 g/mol. The van der Waals surface area contributed by atoms with E-state index in [4.69, 9.17) is 16.3 Å². The molecule has 0 amide bonds. The Bertz CT molecular complexity index is 307. The van der Waals surface area contributed by atoms with Gasteiger partial charge >= 0.3 is 0 Å². The van der Waals surface area contributed by atoms with E-state index in [9.17, 15) is 0 Å². The van der Waals surface area contributed by atoms with Gasteiger partial charge in [-0.25, -0.2) is 4.98 Å². The molecule has 0 spiro atoms. The number of rotatable bonds is 2. The Labute approximate surface area is 93.3 Å². The lowest BCUT2D eigenvalue weighted by Gasteiger charge is -2.31. The highest BCUT2D eigenvalue weighted by molar-refractivity contribution is 7.11. The molecule has 2 nitrogen and oxygen atoms in total. The molecule has 1 aromatic heterocycles. The van der Waals surface area contributed by atoms with Crippen molar-refractivity contribution in [2.45, 2.75) is 37.7 Å². The van der Waals surface area contributed by atoms with Crippen molar-refractivity contribution in [3.8, 4) is 0 Å². The fourth-order valence-electron chi connectivity index (χ4n) is 1.72. The van der Waals surface area contributed by atoms with Crippen LogP contribution in [-0.2, 0) is 16.2 Å². The standard InChI is InChI=1S/C10H14ClNOS/c1-10(4-2-3-5-13-10)9-12-7-8(6-11)14-9/h7H,2-6H2,1H3. The average Bonchev–Trinajstić information content (AvgIpc) is 2.67. The molecule has 2 rings (SSSR count). The van der Waals surface area contributed by atoms with E-state index in [1.165, 1.54) is 12.8 Å². The first-order chi connectivity index (χ1) is 6.74. The highest BCUT2D eigenvalue weighted by Gasteiger charge is 2.32. The maximum absolute atomic E-state index is 5.81. The van der Waals surface area contributed by atoms with Gasteiger partial charge in [0.15, 0.2) is 0 Å². The van der Waals surface area contributed by atoms with Gasteiger partial charge in [0.25, 0.3) is 0 Å². The summed E-state index contributed by atoms with van der Waals surface area (Å²) in [5.41, 5.74) is -0.159. The fraction of sp³-hybridized carbons (Fsp3) is 0.700. The number of hydrogen-bond acceptors (Lipinski definition) is 3. The van der Waals surface area contributed by atoms with E-state index in [2.05, 4.69) is 11.9 Å². The zero-order valence-electron chi connectivity index (χ0n) is 8.25. The Morgan fingerprint density at radius 3 is 3.07 bits per heavy atom. The van der Waals surface area contributed by atoms with Crippen LogP contribution in [0.4, 0.5) is 0 Å². The molecule has 78 valence electrons. The molecule has 1 aliphatic rings. The molecule has 0 radical (unpaired) electrons. The van der Waals surface area contributed by atoms with E-state index in [0.717, 1.165) is 22.9 Å². The summed E-state index contributed by atoms with van der Waals surface area (Å²) < 4.78 is 5.81. The van der Waals surface area contributed by atoms with Gasteiger partial charge in [-0.1, -0.05) is 0 Å². The molecule has 0 saturated carbocycles. The Morgan fingerprint density at radius 2 is 2.50 bits per heavy atom. The molecular weight excluding hydrogens is 218 g/mol. The van der Waals surface area contributed by atoms with Crippen LogP contribution in [0.2, 0.25) is 0 Å². The van der Waals surface area contributed by atoms with Gasteiger partial charge in [0.1, 0.15) is 10.6 Å². The molecule has 1 aliphatic heterocycles. The van der Waals surface area contributed by atoms with Crippen molar-refractivity contribution in [2.75, 3.05) is 6.61 Å². The maximum Gasteiger partial charge on any atom is 0.125 e. The van der Waals surface area contributed by atoms with Crippen LogP contribution < -0.4 is 0 Å². The summed E-state index contributed by atoms with van der Waals surface area (Å²) in [6, 6.07) is 0. The maximum atomic E-state index is 5.81. The highest BCUT2D eigenvalue weighted by Crippen LogP contribution is 2.36. The molecule has 0 N–H and O–H groups in total. The fourth-order valence-corrected chi connectivity index (χ4v) is 2.84. The quantitative estimate of drug-likeness (QED) is 0.729. The van der Waals surface area contributed by atoms with Crippen molar-refractivity contribution in [2.24, 2.45) is 0 Å². The normalized spacial score (nSPS) is 27.9. The summed E-state index contributed by atoms with van der Waals surface area (Å²) in [5.74, 6) is 0.549. The molecule has 1 aromatic rings. The van der Waals surface area contributed by atoms with Crippen molar-refractivity contribution in [1.29, 1.82) is 0 Å². The minimum absolute atomic E-state index is 0.159. The van der Waals surface area contributed by atoms with Gasteiger partial charge in [0.05, 0.1) is 5.88 Å². The first-order valence-electron chi connectivity index (χ1n) is 4.90. The monoisotopic (exact) mass is 231 g/mol. The number of aromatic nitrogens is 1. The van der Waals surface area contributed by atoms with E-state index in [1.54, 1.807) is 11.3 Å². The zero-order chi connectivity index (χ0) is 10.0. The van der Waals surface area contributed by atoms with Crippen LogP contribution in [0.25, 0.3) is 0 Å². The third-order valence-corrected chi connectivity index (χ3v) is 4.30. The summed E-state index contributed by atoms with van der Waals surface area (Å²) >= 11 is 7.42.